The summed E-state index contributed by atoms with van der Waals surface area (Å²) in [5.74, 6) is 0.0951. The molecule has 0 saturated carbocycles. The number of benzene rings is 1. The molecule has 1 aromatic heterocycles. The van der Waals surface area contributed by atoms with Gasteiger partial charge in [-0.25, -0.2) is 4.79 Å². The molecular weight excluding hydrogens is 202 g/mol. The maximum Gasteiger partial charge on any atom is 0.340 e. The van der Waals surface area contributed by atoms with E-state index in [1.807, 2.05) is 18.3 Å². The molecule has 0 spiro atoms. The number of H-pyrrole nitrogens is 1. The first-order valence-electron chi connectivity index (χ1n) is 5.33. The average molecular weight is 217 g/mol. The van der Waals surface area contributed by atoms with Gasteiger partial charge in [0.2, 0.25) is 0 Å². The summed E-state index contributed by atoms with van der Waals surface area (Å²) in [6.07, 6.45) is 1.83. The molecule has 2 aromatic rings. The maximum absolute atomic E-state index is 11.7. The van der Waals surface area contributed by atoms with Crippen molar-refractivity contribution in [3.05, 3.63) is 35.5 Å². The van der Waals surface area contributed by atoms with Crippen LogP contribution in [0.3, 0.4) is 0 Å². The molecule has 16 heavy (non-hydrogen) atoms. The molecule has 0 atom stereocenters. The molecule has 1 heterocycles. The Morgan fingerprint density at radius 1 is 1.38 bits per heavy atom. The lowest BCUT2D eigenvalue weighted by Crippen LogP contribution is -2.03. The van der Waals surface area contributed by atoms with Crippen LogP contribution in [0.15, 0.2) is 24.4 Å². The minimum absolute atomic E-state index is 0.296. The fraction of sp³-hybridized carbons (Fsp3) is 0.308. The lowest BCUT2D eigenvalue weighted by atomic mass is 9.98. The summed E-state index contributed by atoms with van der Waals surface area (Å²) in [5, 5.41) is 1.05. The van der Waals surface area contributed by atoms with Gasteiger partial charge in [-0.2, -0.15) is 0 Å². The minimum Gasteiger partial charge on any atom is -0.465 e. The van der Waals surface area contributed by atoms with Crippen molar-refractivity contribution in [2.45, 2.75) is 19.8 Å². The van der Waals surface area contributed by atoms with Crippen molar-refractivity contribution in [1.29, 1.82) is 0 Å². The molecule has 0 saturated heterocycles. The first kappa shape index (κ1) is 10.7. The Morgan fingerprint density at radius 3 is 2.75 bits per heavy atom. The maximum atomic E-state index is 11.7. The summed E-state index contributed by atoms with van der Waals surface area (Å²) in [4.78, 5) is 14.7. The Hall–Kier alpha value is -1.77. The number of carbonyl (C=O) groups excluding carboxylic acids is 1. The van der Waals surface area contributed by atoms with Crippen LogP contribution in [0.2, 0.25) is 0 Å². The monoisotopic (exact) mass is 217 g/mol. The third-order valence-electron chi connectivity index (χ3n) is 2.75. The number of hydrogen-bond donors (Lipinski definition) is 1. The van der Waals surface area contributed by atoms with Gasteiger partial charge in [0.25, 0.3) is 0 Å². The molecule has 0 unspecified atom stereocenters. The minimum atomic E-state index is -0.296. The van der Waals surface area contributed by atoms with Gasteiger partial charge in [-0.3, -0.25) is 0 Å². The molecule has 3 heteroatoms. The molecule has 0 aliphatic carbocycles. The summed E-state index contributed by atoms with van der Waals surface area (Å²) < 4.78 is 4.79. The number of methoxy groups -OCH3 is 1. The predicted octanol–water partition coefficient (Wildman–Crippen LogP) is 3.08. The van der Waals surface area contributed by atoms with Crippen LogP contribution in [0.5, 0.6) is 0 Å². The number of ether oxygens (including phenoxy) is 1. The van der Waals surface area contributed by atoms with E-state index in [1.54, 1.807) is 0 Å². The van der Waals surface area contributed by atoms with Crippen molar-refractivity contribution >= 4 is 16.9 Å². The highest BCUT2D eigenvalue weighted by Crippen LogP contribution is 2.25. The molecule has 1 N–H and O–H groups in total. The largest absolute Gasteiger partial charge is 0.465 e. The first-order chi connectivity index (χ1) is 7.63. The van der Waals surface area contributed by atoms with E-state index in [4.69, 9.17) is 4.74 Å². The lowest BCUT2D eigenvalue weighted by Gasteiger charge is -2.08. The highest BCUT2D eigenvalue weighted by Gasteiger charge is 2.14. The molecule has 0 aliphatic rings. The van der Waals surface area contributed by atoms with Crippen molar-refractivity contribution in [1.82, 2.24) is 4.98 Å². The molecule has 0 aliphatic heterocycles. The second-order valence-corrected chi connectivity index (χ2v) is 4.16. The highest BCUT2D eigenvalue weighted by molar-refractivity contribution is 6.03. The quantitative estimate of drug-likeness (QED) is 0.785. The van der Waals surface area contributed by atoms with Gasteiger partial charge >= 0.3 is 5.97 Å². The average Bonchev–Trinajstić information content (AvgIpc) is 2.74. The molecule has 3 nitrogen and oxygen atoms in total. The Balaban J connectivity index is 2.68. The van der Waals surface area contributed by atoms with Crippen molar-refractivity contribution < 1.29 is 9.53 Å². The third-order valence-corrected chi connectivity index (χ3v) is 2.75. The fourth-order valence-corrected chi connectivity index (χ4v) is 1.80. The van der Waals surface area contributed by atoms with E-state index >= 15 is 0 Å². The number of nitrogens with one attached hydrogen (secondary N) is 1. The van der Waals surface area contributed by atoms with Crippen LogP contribution in [-0.2, 0) is 4.74 Å². The lowest BCUT2D eigenvalue weighted by molar-refractivity contribution is 0.0602. The van der Waals surface area contributed by atoms with Crippen LogP contribution in [0, 0.1) is 0 Å². The van der Waals surface area contributed by atoms with E-state index in [1.165, 1.54) is 7.11 Å². The predicted molar refractivity (Wildman–Crippen MR) is 63.7 cm³/mol. The molecule has 0 amide bonds. The molecule has 2 rings (SSSR count). The number of hydrogen-bond acceptors (Lipinski definition) is 2. The number of rotatable bonds is 2. The Kier molecular flexibility index (Phi) is 2.69. The van der Waals surface area contributed by atoms with Crippen LogP contribution in [0.1, 0.15) is 35.7 Å². The van der Waals surface area contributed by atoms with Crippen LogP contribution >= 0.6 is 0 Å². The summed E-state index contributed by atoms with van der Waals surface area (Å²) >= 11 is 0. The number of aromatic amines is 1. The van der Waals surface area contributed by atoms with Gasteiger partial charge in [0, 0.05) is 11.6 Å². The molecule has 0 bridgehead atoms. The Labute approximate surface area is 94.4 Å². The summed E-state index contributed by atoms with van der Waals surface area (Å²) in [7, 11) is 1.40. The van der Waals surface area contributed by atoms with E-state index in [9.17, 15) is 4.79 Å². The molecule has 1 aromatic carbocycles. The van der Waals surface area contributed by atoms with E-state index in [0.717, 1.165) is 16.5 Å². The van der Waals surface area contributed by atoms with Gasteiger partial charge in [-0.1, -0.05) is 13.8 Å². The normalized spacial score (nSPS) is 11.0. The zero-order valence-corrected chi connectivity index (χ0v) is 9.70. The molecule has 0 radical (unpaired) electrons. The summed E-state index contributed by atoms with van der Waals surface area (Å²) in [6.45, 7) is 4.21. The fourth-order valence-electron chi connectivity index (χ4n) is 1.80. The van der Waals surface area contributed by atoms with Gasteiger partial charge in [-0.15, -0.1) is 0 Å². The Bertz CT molecular complexity index is 526. The van der Waals surface area contributed by atoms with E-state index in [2.05, 4.69) is 24.9 Å². The first-order valence-corrected chi connectivity index (χ1v) is 5.33. The molecule has 84 valence electrons. The van der Waals surface area contributed by atoms with Crippen LogP contribution in [-0.4, -0.2) is 18.1 Å². The topological polar surface area (TPSA) is 42.1 Å². The van der Waals surface area contributed by atoms with Crippen molar-refractivity contribution in [3.8, 4) is 0 Å². The van der Waals surface area contributed by atoms with Crippen LogP contribution < -0.4 is 0 Å². The van der Waals surface area contributed by atoms with E-state index in [0.29, 0.717) is 11.5 Å². The number of carbonyl (C=O) groups is 1. The number of aromatic nitrogens is 1. The zero-order valence-electron chi connectivity index (χ0n) is 9.70. The molecular formula is C13H15NO2. The standard InChI is InChI=1S/C13H15NO2/c1-8(2)10-6-9-4-5-14-12(9)11(7-10)13(15)16-3/h4-8,14H,1-3H3. The van der Waals surface area contributed by atoms with Crippen LogP contribution in [0.25, 0.3) is 10.9 Å². The van der Waals surface area contributed by atoms with E-state index < -0.39 is 0 Å². The van der Waals surface area contributed by atoms with E-state index in [-0.39, 0.29) is 5.97 Å². The second-order valence-electron chi connectivity index (χ2n) is 4.16. The van der Waals surface area contributed by atoms with Crippen molar-refractivity contribution in [2.75, 3.05) is 7.11 Å². The van der Waals surface area contributed by atoms with Crippen molar-refractivity contribution in [2.24, 2.45) is 0 Å². The summed E-state index contributed by atoms with van der Waals surface area (Å²) in [6, 6.07) is 5.96. The number of esters is 1. The summed E-state index contributed by atoms with van der Waals surface area (Å²) in [5.41, 5.74) is 2.59. The van der Waals surface area contributed by atoms with Gasteiger partial charge in [0.1, 0.15) is 0 Å². The van der Waals surface area contributed by atoms with Crippen LogP contribution in [0.4, 0.5) is 0 Å². The number of fused-ring (bicyclic) bond motifs is 1. The second kappa shape index (κ2) is 4.00. The molecule has 0 fully saturated rings. The Morgan fingerprint density at radius 2 is 2.12 bits per heavy atom. The van der Waals surface area contributed by atoms with Gasteiger partial charge in [-0.05, 0) is 29.7 Å². The third kappa shape index (κ3) is 1.69. The van der Waals surface area contributed by atoms with Crippen molar-refractivity contribution in [3.63, 3.8) is 0 Å². The SMILES string of the molecule is COC(=O)c1cc(C(C)C)cc2cc[nH]c12. The van der Waals surface area contributed by atoms with Gasteiger partial charge in [0.05, 0.1) is 18.2 Å². The highest BCUT2D eigenvalue weighted by atomic mass is 16.5. The smallest absolute Gasteiger partial charge is 0.340 e. The zero-order chi connectivity index (χ0) is 11.7. The van der Waals surface area contributed by atoms with Gasteiger partial charge < -0.3 is 9.72 Å². The van der Waals surface area contributed by atoms with Gasteiger partial charge in [0.15, 0.2) is 0 Å².